The molecule has 0 spiro atoms. The van der Waals surface area contributed by atoms with Gasteiger partial charge in [0.15, 0.2) is 0 Å². The number of hydrogen-bond donors (Lipinski definition) is 0. The first kappa shape index (κ1) is 19.7. The van der Waals surface area contributed by atoms with Crippen LogP contribution >= 0.6 is 0 Å². The molecular formula is C22H28N2O2. The lowest BCUT2D eigenvalue weighted by Crippen LogP contribution is -2.50. The number of para-hydroxylation sites is 2. The molecule has 4 nitrogen and oxygen atoms in total. The second-order valence-electron chi connectivity index (χ2n) is 7.11. The maximum atomic E-state index is 13.2. The molecule has 0 heterocycles. The summed E-state index contributed by atoms with van der Waals surface area (Å²) in [6.45, 7) is 11.6. The van der Waals surface area contributed by atoms with Crippen molar-refractivity contribution in [1.29, 1.82) is 0 Å². The van der Waals surface area contributed by atoms with E-state index in [1.54, 1.807) is 9.80 Å². The number of carbonyl (C=O) groups excluding carboxylic acids is 2. The molecule has 0 radical (unpaired) electrons. The molecule has 0 aromatic heterocycles. The van der Waals surface area contributed by atoms with Gasteiger partial charge >= 0.3 is 11.8 Å². The van der Waals surface area contributed by atoms with Gasteiger partial charge in [-0.15, -0.1) is 0 Å². The van der Waals surface area contributed by atoms with Gasteiger partial charge in [-0.05, 0) is 64.8 Å². The first-order chi connectivity index (χ1) is 12.3. The Bertz CT molecular complexity index is 729. The summed E-state index contributed by atoms with van der Waals surface area (Å²) in [5.41, 5.74) is 3.48. The predicted octanol–water partition coefficient (Wildman–Crippen LogP) is 4.49. The van der Waals surface area contributed by atoms with Gasteiger partial charge in [0.1, 0.15) is 0 Å². The molecule has 0 atom stereocenters. The lowest BCUT2D eigenvalue weighted by Gasteiger charge is -2.33. The number of nitrogens with zero attached hydrogens (tertiary/aromatic N) is 2. The van der Waals surface area contributed by atoms with Gasteiger partial charge in [-0.1, -0.05) is 36.4 Å². The molecule has 0 bridgehead atoms. The Kier molecular flexibility index (Phi) is 6.19. The normalized spacial score (nSPS) is 10.9. The second kappa shape index (κ2) is 8.17. The summed E-state index contributed by atoms with van der Waals surface area (Å²) in [5, 5.41) is 0. The zero-order chi connectivity index (χ0) is 19.4. The van der Waals surface area contributed by atoms with E-state index in [0.717, 1.165) is 22.5 Å². The monoisotopic (exact) mass is 352 g/mol. The van der Waals surface area contributed by atoms with Gasteiger partial charge in [-0.25, -0.2) is 0 Å². The summed E-state index contributed by atoms with van der Waals surface area (Å²) in [5.74, 6) is -1.02. The summed E-state index contributed by atoms with van der Waals surface area (Å²) in [6.07, 6.45) is 0. The highest BCUT2D eigenvalue weighted by molar-refractivity contribution is 6.45. The molecule has 2 rings (SSSR count). The molecule has 0 aliphatic carbocycles. The zero-order valence-corrected chi connectivity index (χ0v) is 16.5. The minimum atomic E-state index is -0.508. The first-order valence-electron chi connectivity index (χ1n) is 9.03. The Morgan fingerprint density at radius 3 is 1.23 bits per heavy atom. The third-order valence-corrected chi connectivity index (χ3v) is 4.40. The minimum absolute atomic E-state index is 0.126. The van der Waals surface area contributed by atoms with Crippen LogP contribution in [0.5, 0.6) is 0 Å². The molecule has 0 aliphatic heterocycles. The summed E-state index contributed by atoms with van der Waals surface area (Å²) >= 11 is 0. The van der Waals surface area contributed by atoms with Crippen molar-refractivity contribution < 1.29 is 9.59 Å². The molecule has 0 fully saturated rings. The molecule has 2 aromatic carbocycles. The molecule has 0 saturated heterocycles. The molecule has 2 aromatic rings. The third kappa shape index (κ3) is 3.96. The number of benzene rings is 2. The first-order valence-corrected chi connectivity index (χ1v) is 9.03. The summed E-state index contributed by atoms with van der Waals surface area (Å²) in [6, 6.07) is 15.0. The van der Waals surface area contributed by atoms with Gasteiger partial charge in [0.2, 0.25) is 0 Å². The van der Waals surface area contributed by atoms with Crippen molar-refractivity contribution in [3.05, 3.63) is 59.7 Å². The highest BCUT2D eigenvalue weighted by Gasteiger charge is 2.33. The number of carbonyl (C=O) groups is 2. The smallest absolute Gasteiger partial charge is 0.301 e. The summed E-state index contributed by atoms with van der Waals surface area (Å²) < 4.78 is 0. The maximum Gasteiger partial charge on any atom is 0.317 e. The fourth-order valence-corrected chi connectivity index (χ4v) is 3.12. The van der Waals surface area contributed by atoms with Crippen LogP contribution in [0.4, 0.5) is 11.4 Å². The van der Waals surface area contributed by atoms with Crippen LogP contribution in [0.3, 0.4) is 0 Å². The van der Waals surface area contributed by atoms with Crippen LogP contribution in [0.15, 0.2) is 48.5 Å². The van der Waals surface area contributed by atoms with Crippen LogP contribution in [0.25, 0.3) is 0 Å². The highest BCUT2D eigenvalue weighted by Crippen LogP contribution is 2.26. The number of amides is 2. The number of rotatable bonds is 4. The van der Waals surface area contributed by atoms with Crippen molar-refractivity contribution in [2.45, 2.75) is 53.6 Å². The van der Waals surface area contributed by atoms with E-state index in [4.69, 9.17) is 0 Å². The molecule has 0 saturated carbocycles. The van der Waals surface area contributed by atoms with E-state index in [2.05, 4.69) is 0 Å². The fraction of sp³-hybridized carbons (Fsp3) is 0.364. The molecule has 26 heavy (non-hydrogen) atoms. The van der Waals surface area contributed by atoms with Gasteiger partial charge in [-0.3, -0.25) is 9.59 Å². The van der Waals surface area contributed by atoms with Gasteiger partial charge in [-0.2, -0.15) is 0 Å². The molecule has 2 amide bonds. The summed E-state index contributed by atoms with van der Waals surface area (Å²) in [7, 11) is 0. The van der Waals surface area contributed by atoms with E-state index in [9.17, 15) is 9.59 Å². The molecule has 0 aliphatic rings. The summed E-state index contributed by atoms with van der Waals surface area (Å²) in [4.78, 5) is 29.6. The lowest BCUT2D eigenvalue weighted by molar-refractivity contribution is -0.136. The Balaban J connectivity index is 2.46. The Morgan fingerprint density at radius 1 is 0.654 bits per heavy atom. The largest absolute Gasteiger partial charge is 0.317 e. The van der Waals surface area contributed by atoms with Crippen molar-refractivity contribution in [3.8, 4) is 0 Å². The number of aryl methyl sites for hydroxylation is 2. The van der Waals surface area contributed by atoms with Crippen LogP contribution in [-0.4, -0.2) is 23.9 Å². The van der Waals surface area contributed by atoms with Crippen LogP contribution < -0.4 is 9.80 Å². The molecule has 0 unspecified atom stereocenters. The van der Waals surface area contributed by atoms with Crippen LogP contribution in [0, 0.1) is 13.8 Å². The Morgan fingerprint density at radius 2 is 0.962 bits per heavy atom. The van der Waals surface area contributed by atoms with E-state index in [1.165, 1.54) is 0 Å². The van der Waals surface area contributed by atoms with Crippen LogP contribution in [0.2, 0.25) is 0 Å². The van der Waals surface area contributed by atoms with Gasteiger partial charge in [0.25, 0.3) is 0 Å². The average molecular weight is 352 g/mol. The van der Waals surface area contributed by atoms with Crippen molar-refractivity contribution in [2.75, 3.05) is 9.80 Å². The lowest BCUT2D eigenvalue weighted by atomic mass is 10.1. The van der Waals surface area contributed by atoms with Crippen LogP contribution in [0.1, 0.15) is 38.8 Å². The van der Waals surface area contributed by atoms with Crippen molar-refractivity contribution in [3.63, 3.8) is 0 Å². The van der Waals surface area contributed by atoms with Crippen molar-refractivity contribution >= 4 is 23.2 Å². The predicted molar refractivity (Wildman–Crippen MR) is 108 cm³/mol. The molecule has 4 heteroatoms. The Hall–Kier alpha value is -2.62. The van der Waals surface area contributed by atoms with Gasteiger partial charge < -0.3 is 9.80 Å². The molecule has 0 N–H and O–H groups in total. The molecule has 138 valence electrons. The standard InChI is InChI=1S/C22H28N2O2/c1-15(2)23(19-13-9-7-11-17(19)5)21(25)22(26)24(16(3)4)20-14-10-8-12-18(20)6/h7-16H,1-6H3. The molecular weight excluding hydrogens is 324 g/mol. The topological polar surface area (TPSA) is 40.6 Å². The third-order valence-electron chi connectivity index (χ3n) is 4.40. The van der Waals surface area contributed by atoms with E-state index in [0.29, 0.717) is 0 Å². The zero-order valence-electron chi connectivity index (χ0n) is 16.5. The second-order valence-corrected chi connectivity index (χ2v) is 7.11. The maximum absolute atomic E-state index is 13.2. The fourth-order valence-electron chi connectivity index (χ4n) is 3.12. The quantitative estimate of drug-likeness (QED) is 0.761. The SMILES string of the molecule is Cc1ccccc1N(C(=O)C(=O)N(c1ccccc1C)C(C)C)C(C)C. The van der Waals surface area contributed by atoms with Gasteiger partial charge in [0.05, 0.1) is 0 Å². The van der Waals surface area contributed by atoms with E-state index < -0.39 is 11.8 Å². The van der Waals surface area contributed by atoms with Crippen molar-refractivity contribution in [1.82, 2.24) is 0 Å². The van der Waals surface area contributed by atoms with E-state index >= 15 is 0 Å². The van der Waals surface area contributed by atoms with E-state index in [1.807, 2.05) is 90.1 Å². The number of hydrogen-bond acceptors (Lipinski definition) is 2. The minimum Gasteiger partial charge on any atom is -0.301 e. The van der Waals surface area contributed by atoms with Crippen molar-refractivity contribution in [2.24, 2.45) is 0 Å². The average Bonchev–Trinajstić information content (AvgIpc) is 2.58. The highest BCUT2D eigenvalue weighted by atomic mass is 16.2. The number of anilines is 2. The van der Waals surface area contributed by atoms with E-state index in [-0.39, 0.29) is 12.1 Å². The van der Waals surface area contributed by atoms with Gasteiger partial charge in [0, 0.05) is 23.5 Å². The van der Waals surface area contributed by atoms with Crippen LogP contribution in [-0.2, 0) is 9.59 Å². The Labute approximate surface area is 156 Å².